The molecule has 1 amide bonds. The number of nitrogens with zero attached hydrogens (tertiary/aromatic N) is 2. The lowest BCUT2D eigenvalue weighted by Gasteiger charge is -2.42. The van der Waals surface area contributed by atoms with Gasteiger partial charge in [0.25, 0.3) is 0 Å². The number of fused-ring (bicyclic) bond motifs is 1. The predicted octanol–water partition coefficient (Wildman–Crippen LogP) is 1.29. The third-order valence-corrected chi connectivity index (χ3v) is 3.41. The first kappa shape index (κ1) is 9.97. The Morgan fingerprint density at radius 3 is 2.36 bits per heavy atom. The molecule has 0 aliphatic carbocycles. The van der Waals surface area contributed by atoms with Gasteiger partial charge >= 0.3 is 0 Å². The summed E-state index contributed by atoms with van der Waals surface area (Å²) in [7, 11) is 0. The van der Waals surface area contributed by atoms with Crippen LogP contribution in [0.15, 0.2) is 0 Å². The zero-order valence-electron chi connectivity index (χ0n) is 9.53. The van der Waals surface area contributed by atoms with Crippen molar-refractivity contribution in [1.82, 2.24) is 9.80 Å². The molecule has 2 atom stereocenters. The number of amides is 1. The predicted molar refractivity (Wildman–Crippen MR) is 55.7 cm³/mol. The molecule has 2 bridgehead atoms. The summed E-state index contributed by atoms with van der Waals surface area (Å²) < 4.78 is 0. The van der Waals surface area contributed by atoms with Crippen LogP contribution in [0.5, 0.6) is 0 Å². The smallest absolute Gasteiger partial charge is 0.226 e. The molecule has 0 aromatic heterocycles. The van der Waals surface area contributed by atoms with Crippen LogP contribution in [0.2, 0.25) is 0 Å². The number of hydrogen-bond acceptors (Lipinski definition) is 2. The number of hydrogen-bond donors (Lipinski definition) is 0. The first-order valence-corrected chi connectivity index (χ1v) is 5.60. The summed E-state index contributed by atoms with van der Waals surface area (Å²) in [6.07, 6.45) is 1.60. The van der Waals surface area contributed by atoms with Crippen molar-refractivity contribution in [2.45, 2.75) is 52.4 Å². The fraction of sp³-hybridized carbons (Fsp3) is 0.909. The molecule has 3 rings (SSSR count). The van der Waals surface area contributed by atoms with E-state index in [-0.39, 0.29) is 5.92 Å². The zero-order valence-corrected chi connectivity index (χ0v) is 9.53. The summed E-state index contributed by atoms with van der Waals surface area (Å²) in [6.45, 7) is 9.47. The fourth-order valence-electron chi connectivity index (χ4n) is 2.58. The highest BCUT2D eigenvalue weighted by atomic mass is 16.2. The number of carbonyl (C=O) groups is 1. The van der Waals surface area contributed by atoms with Gasteiger partial charge in [-0.3, -0.25) is 9.69 Å². The highest BCUT2D eigenvalue weighted by Crippen LogP contribution is 2.39. The number of rotatable bonds is 2. The van der Waals surface area contributed by atoms with E-state index in [0.717, 1.165) is 6.54 Å². The van der Waals surface area contributed by atoms with E-state index in [1.54, 1.807) is 0 Å². The van der Waals surface area contributed by atoms with Gasteiger partial charge < -0.3 is 4.90 Å². The fourth-order valence-corrected chi connectivity index (χ4v) is 2.58. The Morgan fingerprint density at radius 1 is 1.29 bits per heavy atom. The van der Waals surface area contributed by atoms with E-state index in [9.17, 15) is 4.79 Å². The molecule has 2 unspecified atom stereocenters. The minimum atomic E-state index is 0.146. The van der Waals surface area contributed by atoms with Crippen molar-refractivity contribution in [2.75, 3.05) is 6.54 Å². The Morgan fingerprint density at radius 2 is 1.93 bits per heavy atom. The van der Waals surface area contributed by atoms with Gasteiger partial charge in [-0.1, -0.05) is 13.8 Å². The first-order chi connectivity index (χ1) is 6.52. The van der Waals surface area contributed by atoms with Crippen molar-refractivity contribution >= 4 is 5.91 Å². The second kappa shape index (κ2) is 3.23. The Kier molecular flexibility index (Phi) is 2.30. The summed E-state index contributed by atoms with van der Waals surface area (Å²) in [5.74, 6) is 0.474. The van der Waals surface area contributed by atoms with Gasteiger partial charge in [0.1, 0.15) is 0 Å². The average Bonchev–Trinajstić information content (AvgIpc) is 2.59. The maximum absolute atomic E-state index is 11.9. The van der Waals surface area contributed by atoms with E-state index in [1.807, 2.05) is 13.8 Å². The Hall–Kier alpha value is -0.570. The summed E-state index contributed by atoms with van der Waals surface area (Å²) in [4.78, 5) is 16.4. The van der Waals surface area contributed by atoms with Crippen molar-refractivity contribution in [2.24, 2.45) is 5.92 Å². The lowest BCUT2D eigenvalue weighted by Crippen LogP contribution is -2.56. The van der Waals surface area contributed by atoms with Crippen LogP contribution in [0.4, 0.5) is 0 Å². The van der Waals surface area contributed by atoms with Crippen molar-refractivity contribution in [3.05, 3.63) is 0 Å². The molecule has 0 aromatic rings. The summed E-state index contributed by atoms with van der Waals surface area (Å²) in [5, 5.41) is 0. The summed E-state index contributed by atoms with van der Waals surface area (Å²) >= 11 is 0. The second-order valence-electron chi connectivity index (χ2n) is 5.06. The van der Waals surface area contributed by atoms with Crippen LogP contribution in [0.25, 0.3) is 0 Å². The molecule has 3 fully saturated rings. The molecule has 3 aliphatic rings. The monoisotopic (exact) mass is 196 g/mol. The van der Waals surface area contributed by atoms with Crippen LogP contribution in [-0.2, 0) is 4.79 Å². The molecule has 3 heteroatoms. The molecule has 80 valence electrons. The van der Waals surface area contributed by atoms with Gasteiger partial charge in [0.15, 0.2) is 0 Å². The average molecular weight is 196 g/mol. The lowest BCUT2D eigenvalue weighted by molar-refractivity contribution is -0.146. The van der Waals surface area contributed by atoms with Crippen LogP contribution >= 0.6 is 0 Å². The molecule has 0 aromatic carbocycles. The molecular weight excluding hydrogens is 176 g/mol. The molecule has 3 heterocycles. The topological polar surface area (TPSA) is 23.6 Å². The molecule has 0 spiro atoms. The molecule has 3 aliphatic heterocycles. The molecular formula is C11H20N2O. The molecule has 0 radical (unpaired) electrons. The van der Waals surface area contributed by atoms with Gasteiger partial charge in [-0.2, -0.15) is 0 Å². The largest absolute Gasteiger partial charge is 0.322 e. The standard InChI is InChI=1S/C11H20N2O/c1-7(2)11(14)13-9-5-10(13)12(6-9)8(3)4/h7-10H,5-6H2,1-4H3. The molecule has 0 N–H and O–H groups in total. The van der Waals surface area contributed by atoms with Crippen molar-refractivity contribution in [1.29, 1.82) is 0 Å². The molecule has 14 heavy (non-hydrogen) atoms. The third-order valence-electron chi connectivity index (χ3n) is 3.41. The van der Waals surface area contributed by atoms with Gasteiger partial charge in [-0.25, -0.2) is 0 Å². The Balaban J connectivity index is 2.04. The van der Waals surface area contributed by atoms with Gasteiger partial charge in [0.2, 0.25) is 5.91 Å². The van der Waals surface area contributed by atoms with E-state index in [0.29, 0.717) is 24.2 Å². The molecule has 3 nitrogen and oxygen atoms in total. The van der Waals surface area contributed by atoms with Gasteiger partial charge in [-0.05, 0) is 13.8 Å². The van der Waals surface area contributed by atoms with Crippen LogP contribution in [0.3, 0.4) is 0 Å². The van der Waals surface area contributed by atoms with Crippen LogP contribution < -0.4 is 0 Å². The zero-order chi connectivity index (χ0) is 10.5. The number of carbonyl (C=O) groups excluding carboxylic acids is 1. The van der Waals surface area contributed by atoms with Gasteiger partial charge in [0, 0.05) is 31.0 Å². The normalized spacial score (nSPS) is 31.4. The van der Waals surface area contributed by atoms with Crippen LogP contribution in [-0.4, -0.2) is 40.5 Å². The van der Waals surface area contributed by atoms with Crippen molar-refractivity contribution < 1.29 is 4.79 Å². The van der Waals surface area contributed by atoms with Crippen molar-refractivity contribution in [3.8, 4) is 0 Å². The maximum Gasteiger partial charge on any atom is 0.226 e. The van der Waals surface area contributed by atoms with Crippen LogP contribution in [0.1, 0.15) is 34.1 Å². The third kappa shape index (κ3) is 1.26. The maximum atomic E-state index is 11.9. The summed E-state index contributed by atoms with van der Waals surface area (Å²) in [6, 6.07) is 1.08. The van der Waals surface area contributed by atoms with E-state index in [4.69, 9.17) is 0 Å². The highest BCUT2D eigenvalue weighted by Gasteiger charge is 2.53. The van der Waals surface area contributed by atoms with Gasteiger partial charge in [0.05, 0.1) is 6.17 Å². The molecule has 0 saturated carbocycles. The highest BCUT2D eigenvalue weighted by molar-refractivity contribution is 5.80. The lowest BCUT2D eigenvalue weighted by atomic mass is 10.0. The van der Waals surface area contributed by atoms with E-state index in [1.165, 1.54) is 6.42 Å². The first-order valence-electron chi connectivity index (χ1n) is 5.60. The Labute approximate surface area is 86.1 Å². The van der Waals surface area contributed by atoms with E-state index >= 15 is 0 Å². The summed E-state index contributed by atoms with van der Waals surface area (Å²) in [5.41, 5.74) is 0. The SMILES string of the molecule is CC(C)C(=O)N1C2CC1N(C(C)C)C2. The van der Waals surface area contributed by atoms with Gasteiger partial charge in [-0.15, -0.1) is 0 Å². The Bertz CT molecular complexity index is 250. The van der Waals surface area contributed by atoms with E-state index in [2.05, 4.69) is 23.6 Å². The minimum absolute atomic E-state index is 0.146. The minimum Gasteiger partial charge on any atom is -0.322 e. The van der Waals surface area contributed by atoms with Crippen LogP contribution in [0, 0.1) is 5.92 Å². The quantitative estimate of drug-likeness (QED) is 0.664. The van der Waals surface area contributed by atoms with Crippen molar-refractivity contribution in [3.63, 3.8) is 0 Å². The second-order valence-corrected chi connectivity index (χ2v) is 5.06. The van der Waals surface area contributed by atoms with E-state index < -0.39 is 0 Å². The molecule has 3 saturated heterocycles.